The van der Waals surface area contributed by atoms with Crippen LogP contribution in [0.25, 0.3) is 11.4 Å². The van der Waals surface area contributed by atoms with E-state index in [1.54, 1.807) is 14.0 Å². The molecule has 0 spiro atoms. The van der Waals surface area contributed by atoms with Crippen LogP contribution in [-0.2, 0) is 16.0 Å². The van der Waals surface area contributed by atoms with Crippen molar-refractivity contribution in [1.29, 1.82) is 0 Å². The predicted molar refractivity (Wildman–Crippen MR) is 116 cm³/mol. The molecule has 1 aromatic carbocycles. The fraction of sp³-hybridized carbons (Fsp3) is 0.545. The highest BCUT2D eigenvalue weighted by atomic mass is 16.5. The van der Waals surface area contributed by atoms with Crippen LogP contribution in [0.3, 0.4) is 0 Å². The number of esters is 1. The number of methoxy groups -OCH3 is 1. The number of nitrogens with zero attached hydrogens (tertiary/aromatic N) is 2. The molecule has 0 saturated heterocycles. The van der Waals surface area contributed by atoms with Gasteiger partial charge in [-0.25, -0.2) is 9.78 Å². The first-order chi connectivity index (χ1) is 15.0. The molecule has 2 amide bonds. The van der Waals surface area contributed by atoms with Gasteiger partial charge in [-0.3, -0.25) is 9.89 Å². The summed E-state index contributed by atoms with van der Waals surface area (Å²) in [5.41, 5.74) is 0.356. The fourth-order valence-corrected chi connectivity index (χ4v) is 3.92. The molecule has 0 atom stereocenters. The third-order valence-electron chi connectivity index (χ3n) is 5.50. The van der Waals surface area contributed by atoms with Crippen molar-refractivity contribution < 1.29 is 19.1 Å². The molecule has 1 aliphatic carbocycles. The Bertz CT molecular complexity index is 859. The lowest BCUT2D eigenvalue weighted by Gasteiger charge is -2.37. The highest BCUT2D eigenvalue weighted by Crippen LogP contribution is 2.31. The number of nitrogens with one attached hydrogen (secondary N) is 3. The molecule has 0 bridgehead atoms. The second-order valence-electron chi connectivity index (χ2n) is 7.79. The van der Waals surface area contributed by atoms with Gasteiger partial charge in [-0.2, -0.15) is 5.10 Å². The predicted octanol–water partition coefficient (Wildman–Crippen LogP) is 2.98. The monoisotopic (exact) mass is 429 g/mol. The minimum atomic E-state index is -0.525. The van der Waals surface area contributed by atoms with Crippen LogP contribution in [0.2, 0.25) is 0 Å². The number of ether oxygens (including phenoxy) is 2. The summed E-state index contributed by atoms with van der Waals surface area (Å²) in [5, 5.41) is 13.1. The zero-order valence-electron chi connectivity index (χ0n) is 18.2. The van der Waals surface area contributed by atoms with Crippen LogP contribution in [0.5, 0.6) is 5.75 Å². The lowest BCUT2D eigenvalue weighted by Crippen LogP contribution is -2.54. The maximum absolute atomic E-state index is 12.5. The van der Waals surface area contributed by atoms with Gasteiger partial charge in [-0.1, -0.05) is 19.3 Å². The molecule has 31 heavy (non-hydrogen) atoms. The second-order valence-corrected chi connectivity index (χ2v) is 7.79. The number of urea groups is 1. The summed E-state index contributed by atoms with van der Waals surface area (Å²) in [7, 11) is 1.62. The van der Waals surface area contributed by atoms with Crippen molar-refractivity contribution in [1.82, 2.24) is 25.8 Å². The summed E-state index contributed by atoms with van der Waals surface area (Å²) < 4.78 is 10.3. The van der Waals surface area contributed by atoms with E-state index in [0.29, 0.717) is 31.2 Å². The third kappa shape index (κ3) is 6.44. The molecular weight excluding hydrogens is 398 g/mol. The normalized spacial score (nSPS) is 15.2. The standard InChI is InChI=1S/C22H31N5O4/c1-3-31-19(28)15-22(12-5-4-6-13-22)25-21(29)23-14-11-18-24-20(27-26-18)16-7-9-17(30-2)10-8-16/h7-10H,3-6,11-15H2,1-2H3,(H2,23,25,29)(H,24,26,27). The number of amides is 2. The molecule has 9 nitrogen and oxygen atoms in total. The van der Waals surface area contributed by atoms with Crippen molar-refractivity contribution in [3.8, 4) is 17.1 Å². The molecule has 1 fully saturated rings. The molecule has 2 aromatic rings. The topological polar surface area (TPSA) is 118 Å². The van der Waals surface area contributed by atoms with Crippen LogP contribution in [0.1, 0.15) is 51.3 Å². The molecule has 0 aliphatic heterocycles. The van der Waals surface area contributed by atoms with E-state index in [1.807, 2.05) is 24.3 Å². The number of H-pyrrole nitrogens is 1. The van der Waals surface area contributed by atoms with E-state index in [9.17, 15) is 9.59 Å². The third-order valence-corrected chi connectivity index (χ3v) is 5.50. The molecule has 1 aromatic heterocycles. The van der Waals surface area contributed by atoms with E-state index < -0.39 is 5.54 Å². The van der Waals surface area contributed by atoms with E-state index >= 15 is 0 Å². The van der Waals surface area contributed by atoms with Crippen LogP contribution < -0.4 is 15.4 Å². The Kier molecular flexibility index (Phi) is 7.86. The Labute approximate surface area is 182 Å². The van der Waals surface area contributed by atoms with Gasteiger partial charge in [0.05, 0.1) is 25.7 Å². The number of carbonyl (C=O) groups excluding carboxylic acids is 2. The van der Waals surface area contributed by atoms with Crippen LogP contribution in [0.15, 0.2) is 24.3 Å². The van der Waals surface area contributed by atoms with Gasteiger partial charge >= 0.3 is 12.0 Å². The molecule has 0 radical (unpaired) electrons. The first kappa shape index (κ1) is 22.6. The molecule has 168 valence electrons. The summed E-state index contributed by atoms with van der Waals surface area (Å²) in [6.45, 7) is 2.53. The molecule has 1 saturated carbocycles. The Balaban J connectivity index is 1.49. The molecule has 0 unspecified atom stereocenters. The maximum Gasteiger partial charge on any atom is 0.315 e. The number of carbonyl (C=O) groups is 2. The highest BCUT2D eigenvalue weighted by molar-refractivity contribution is 5.77. The number of aromatic nitrogens is 3. The zero-order chi connectivity index (χ0) is 22.1. The van der Waals surface area contributed by atoms with Crippen molar-refractivity contribution in [3.05, 3.63) is 30.1 Å². The van der Waals surface area contributed by atoms with E-state index in [0.717, 1.165) is 43.4 Å². The van der Waals surface area contributed by atoms with Gasteiger partial charge < -0.3 is 20.1 Å². The second kappa shape index (κ2) is 10.8. The average molecular weight is 430 g/mol. The maximum atomic E-state index is 12.5. The highest BCUT2D eigenvalue weighted by Gasteiger charge is 2.36. The quantitative estimate of drug-likeness (QED) is 0.528. The van der Waals surface area contributed by atoms with Gasteiger partial charge in [0.1, 0.15) is 11.6 Å². The number of benzene rings is 1. The largest absolute Gasteiger partial charge is 0.497 e. The van der Waals surface area contributed by atoms with Crippen molar-refractivity contribution >= 4 is 12.0 Å². The SMILES string of the molecule is CCOC(=O)CC1(NC(=O)NCCc2nc(-c3ccc(OC)cc3)n[nH]2)CCCCC1. The van der Waals surface area contributed by atoms with Crippen LogP contribution in [0.4, 0.5) is 4.79 Å². The molecule has 3 rings (SSSR count). The average Bonchev–Trinajstić information content (AvgIpc) is 3.23. The van der Waals surface area contributed by atoms with Crippen molar-refractivity contribution in [2.24, 2.45) is 0 Å². The van der Waals surface area contributed by atoms with Crippen molar-refractivity contribution in [3.63, 3.8) is 0 Å². The lowest BCUT2D eigenvalue weighted by atomic mass is 9.79. The van der Waals surface area contributed by atoms with Gasteiger partial charge in [-0.05, 0) is 44.0 Å². The molecule has 1 heterocycles. The van der Waals surface area contributed by atoms with Gasteiger partial charge in [-0.15, -0.1) is 0 Å². The van der Waals surface area contributed by atoms with E-state index in [1.165, 1.54) is 0 Å². The number of hydrogen-bond donors (Lipinski definition) is 3. The number of aromatic amines is 1. The molecule has 1 aliphatic rings. The van der Waals surface area contributed by atoms with Crippen molar-refractivity contribution in [2.45, 2.75) is 57.4 Å². The van der Waals surface area contributed by atoms with E-state index in [4.69, 9.17) is 9.47 Å². The summed E-state index contributed by atoms with van der Waals surface area (Å²) in [6, 6.07) is 7.22. The van der Waals surface area contributed by atoms with Crippen molar-refractivity contribution in [2.75, 3.05) is 20.3 Å². The summed E-state index contributed by atoms with van der Waals surface area (Å²) in [5.74, 6) is 1.79. The van der Waals surface area contributed by atoms with Gasteiger partial charge in [0.15, 0.2) is 5.82 Å². The Morgan fingerprint density at radius 1 is 1.16 bits per heavy atom. The Morgan fingerprint density at radius 3 is 2.58 bits per heavy atom. The summed E-state index contributed by atoms with van der Waals surface area (Å²) in [4.78, 5) is 29.0. The van der Waals surface area contributed by atoms with E-state index in [2.05, 4.69) is 25.8 Å². The number of hydrogen-bond acceptors (Lipinski definition) is 6. The minimum Gasteiger partial charge on any atom is -0.497 e. The molecular formula is C22H31N5O4. The lowest BCUT2D eigenvalue weighted by molar-refractivity contribution is -0.145. The molecule has 9 heteroatoms. The Hall–Kier alpha value is -3.10. The first-order valence-electron chi connectivity index (χ1n) is 10.8. The summed E-state index contributed by atoms with van der Waals surface area (Å²) in [6.07, 6.45) is 5.40. The van der Waals surface area contributed by atoms with Crippen LogP contribution in [-0.4, -0.2) is 53.0 Å². The zero-order valence-corrected chi connectivity index (χ0v) is 18.2. The first-order valence-corrected chi connectivity index (χ1v) is 10.8. The smallest absolute Gasteiger partial charge is 0.315 e. The van der Waals surface area contributed by atoms with Crippen LogP contribution >= 0.6 is 0 Å². The summed E-state index contributed by atoms with van der Waals surface area (Å²) >= 11 is 0. The van der Waals surface area contributed by atoms with E-state index in [-0.39, 0.29) is 18.4 Å². The van der Waals surface area contributed by atoms with Gasteiger partial charge in [0.25, 0.3) is 0 Å². The fourth-order valence-electron chi connectivity index (χ4n) is 3.92. The number of rotatable bonds is 9. The minimum absolute atomic E-state index is 0.210. The van der Waals surface area contributed by atoms with Gasteiger partial charge in [0, 0.05) is 18.5 Å². The Morgan fingerprint density at radius 2 is 1.90 bits per heavy atom. The van der Waals surface area contributed by atoms with Crippen LogP contribution in [0, 0.1) is 0 Å². The van der Waals surface area contributed by atoms with Gasteiger partial charge in [0.2, 0.25) is 0 Å². The molecule has 3 N–H and O–H groups in total.